The van der Waals surface area contributed by atoms with Crippen molar-refractivity contribution in [1.29, 1.82) is 0 Å². The fraction of sp³-hybridized carbons (Fsp3) is 0.125. The minimum Gasteiger partial charge on any atom is -0.358 e. The molecule has 2 aromatic rings. The Bertz CT molecular complexity index is 226. The molecule has 0 fully saturated rings. The molecule has 0 spiro atoms. The maximum Gasteiger partial charge on any atom is 0 e. The third-order valence-electron chi connectivity index (χ3n) is 1.33. The molecule has 176 valence electrons. The van der Waals surface area contributed by atoms with Gasteiger partial charge in [0.2, 0.25) is 0 Å². The van der Waals surface area contributed by atoms with Gasteiger partial charge in [0, 0.05) is 785 Å². The molecule has 0 amide bonds. The van der Waals surface area contributed by atoms with E-state index in [1.165, 1.54) is 14.1 Å². The van der Waals surface area contributed by atoms with E-state index >= 15 is 0 Å². The molecule has 2 rings (SSSR count). The van der Waals surface area contributed by atoms with E-state index in [4.69, 9.17) is 0 Å². The molecule has 4 N–H and O–H groups in total. The molecule has 0 aromatic heterocycles. The van der Waals surface area contributed by atoms with Crippen LogP contribution in [0, 0.1) is 14.9 Å². The van der Waals surface area contributed by atoms with Gasteiger partial charge in [-0.05, 0) is 14.1 Å². The second kappa shape index (κ2) is 204. The second-order valence-electron chi connectivity index (χ2n) is 2.31. The van der Waals surface area contributed by atoms with E-state index in [9.17, 15) is 0 Å². The van der Waals surface area contributed by atoms with Gasteiger partial charge in [-0.1, -0.05) is 72.8 Å². The average Bonchev–Trinajstić information content (AvgIpc) is 2.48. The Balaban J connectivity index is -0.00000000206. The molecular formula is C16H28N2Y24-2. The predicted molar refractivity (Wildman–Crippen MR) is 85.9 cm³/mol. The molecule has 2 aromatic carbocycles. The van der Waals surface area contributed by atoms with Crippen LogP contribution >= 0.6 is 0 Å². The second-order valence-corrected chi connectivity index (χ2v) is 2.31. The van der Waals surface area contributed by atoms with Crippen molar-refractivity contribution >= 4 is 0 Å². The van der Waals surface area contributed by atoms with Crippen LogP contribution in [0.5, 0.6) is 0 Å². The summed E-state index contributed by atoms with van der Waals surface area (Å²) < 4.78 is 0. The molecule has 0 bridgehead atoms. The van der Waals surface area contributed by atoms with Crippen molar-refractivity contribution in [3.63, 3.8) is 0 Å². The summed E-state index contributed by atoms with van der Waals surface area (Å²) in [6.45, 7) is 0. The smallest absolute Gasteiger partial charge is 0 e. The van der Waals surface area contributed by atoms with Crippen LogP contribution in [-0.4, -0.2) is 14.1 Å². The van der Waals surface area contributed by atoms with E-state index in [1.807, 2.05) is 72.8 Å². The van der Waals surface area contributed by atoms with Crippen LogP contribution in [0.1, 0.15) is 0 Å². The molecule has 26 heteroatoms. The van der Waals surface area contributed by atoms with Gasteiger partial charge in [-0.15, -0.1) is 0 Å². The fourth-order valence-electron chi connectivity index (χ4n) is 0.770. The summed E-state index contributed by atoms with van der Waals surface area (Å²) in [4.78, 5) is 0. The van der Waals surface area contributed by atoms with Crippen molar-refractivity contribution in [3.05, 3.63) is 87.6 Å². The van der Waals surface area contributed by atoms with Gasteiger partial charge in [0.1, 0.15) is 0 Å². The molecule has 0 aliphatic heterocycles. The first-order valence-corrected chi connectivity index (χ1v) is 5.15. The zero-order valence-electron chi connectivity index (χ0n) is 25.9. The fourth-order valence-corrected chi connectivity index (χ4v) is 0.770. The Morgan fingerprint density at radius 2 is 0.190 bits per heavy atom. The van der Waals surface area contributed by atoms with E-state index in [0.29, 0.717) is 0 Å². The van der Waals surface area contributed by atoms with E-state index in [1.54, 1.807) is 0 Å². The van der Waals surface area contributed by atoms with Crippen molar-refractivity contribution in [2.24, 2.45) is 11.5 Å². The molecule has 0 aliphatic carbocycles. The Hall–Kier alpha value is 24.9. The van der Waals surface area contributed by atoms with E-state index in [-0.39, 0.29) is 800 Å². The Morgan fingerprint density at radius 1 is 0.167 bits per heavy atom. The van der Waals surface area contributed by atoms with Crippen LogP contribution in [0.15, 0.2) is 72.8 Å². The molecule has 0 heterocycles. The first-order chi connectivity index (χ1) is 8.00. The number of hydrogen-bond donors (Lipinski definition) is 2. The molecule has 2 nitrogen and oxygen atoms in total. The molecular weight excluding hydrogens is 2350 g/mol. The average molecular weight is 2380 g/mol. The van der Waals surface area contributed by atoms with E-state index in [2.05, 4.69) is 11.5 Å². The summed E-state index contributed by atoms with van der Waals surface area (Å²) in [7, 11) is 3.00. The van der Waals surface area contributed by atoms with Crippen LogP contribution < -0.4 is 11.5 Å². The van der Waals surface area contributed by atoms with Crippen molar-refractivity contribution in [3.8, 4) is 0 Å². The summed E-state index contributed by atoms with van der Waals surface area (Å²) in [5.74, 6) is 0. The molecule has 0 aliphatic rings. The molecule has 0 atom stereocenters. The van der Waals surface area contributed by atoms with Gasteiger partial charge >= 0.3 is 0 Å². The van der Waals surface area contributed by atoms with Crippen molar-refractivity contribution in [2.45, 2.75) is 0 Å². The summed E-state index contributed by atoms with van der Waals surface area (Å²) in [6, 6.07) is 24.0. The number of nitrogens with two attached hydrogens (primary N) is 2. The van der Waals surface area contributed by atoms with Gasteiger partial charge < -0.3 is 26.3 Å². The largest absolute Gasteiger partial charge is 0.358 e. The summed E-state index contributed by atoms with van der Waals surface area (Å²) in [5.41, 5.74) is 9.00. The van der Waals surface area contributed by atoms with Crippen LogP contribution in [0.2, 0.25) is 0 Å². The minimum absolute atomic E-state index is 0. The monoisotopic (exact) mass is 2380 g/mol. The van der Waals surface area contributed by atoms with Crippen LogP contribution in [0.4, 0.5) is 0 Å². The SMILES string of the molecule is CN.CN.[CH3-].[CH3-].[Y].[Y].[Y].[Y].[Y].[Y].[Y].[Y].[Y].[Y].[Y].[Y].[Y].[Y].[Y].[Y].[Y].[Y].[Y].[Y].[Y].[Y].[Y].[Y].c1ccccc1.c1ccccc1. The van der Waals surface area contributed by atoms with Gasteiger partial charge in [-0.25, -0.2) is 0 Å². The number of hydrogen-bond acceptors (Lipinski definition) is 2. The Morgan fingerprint density at radius 3 is 0.214 bits per heavy atom. The summed E-state index contributed by atoms with van der Waals surface area (Å²) in [6.07, 6.45) is 0. The van der Waals surface area contributed by atoms with Gasteiger partial charge in [-0.3, -0.25) is 0 Å². The number of rotatable bonds is 0. The zero-order valence-corrected chi connectivity index (χ0v) is 94.1. The molecule has 0 saturated carbocycles. The third kappa shape index (κ3) is 195. The normalized spacial score (nSPS) is 2.57. The standard InChI is InChI=1S/2C6H6.2CH5N.2CH3.24Y/c2*1-2-4-6-5-3-1;2*1-2;;;;;;;;;;;;;;;;;;;;;;;;;;/h2*1-6H;2*2H2,1H3;2*1H3;;;;;;;;;;;;;;;;;;;;;;;;/q;;;;2*-1;;;;;;;;;;;;;;;;;;;;;;;;. The van der Waals surface area contributed by atoms with Gasteiger partial charge in [0.15, 0.2) is 0 Å². The quantitative estimate of drug-likeness (QED) is 0.399. The first kappa shape index (κ1) is 192. The Kier molecular flexibility index (Phi) is 933. The maximum atomic E-state index is 4.50. The topological polar surface area (TPSA) is 52.0 Å². The maximum absolute atomic E-state index is 4.50. The first-order valence-electron chi connectivity index (χ1n) is 5.15. The zero-order chi connectivity index (χ0) is 12.5. The minimum atomic E-state index is 0. The summed E-state index contributed by atoms with van der Waals surface area (Å²) in [5, 5.41) is 0. The molecule has 0 unspecified atom stereocenters. The van der Waals surface area contributed by atoms with Crippen molar-refractivity contribution in [2.75, 3.05) is 14.1 Å². The van der Waals surface area contributed by atoms with Gasteiger partial charge in [-0.2, -0.15) is 0 Å². The van der Waals surface area contributed by atoms with Gasteiger partial charge in [0.05, 0.1) is 0 Å². The molecule has 24 radical (unpaired) electrons. The Labute approximate surface area is 867 Å². The van der Waals surface area contributed by atoms with Crippen LogP contribution in [0.25, 0.3) is 0 Å². The van der Waals surface area contributed by atoms with E-state index in [0.717, 1.165) is 0 Å². The molecule has 0 saturated heterocycles. The van der Waals surface area contributed by atoms with Crippen molar-refractivity contribution in [1.82, 2.24) is 0 Å². The molecule has 42 heavy (non-hydrogen) atoms. The van der Waals surface area contributed by atoms with Crippen molar-refractivity contribution < 1.29 is 785 Å². The van der Waals surface area contributed by atoms with Gasteiger partial charge in [0.25, 0.3) is 0 Å². The third-order valence-corrected chi connectivity index (χ3v) is 1.33. The predicted octanol–water partition coefficient (Wildman–Crippen LogP) is 3.36. The van der Waals surface area contributed by atoms with E-state index < -0.39 is 0 Å². The summed E-state index contributed by atoms with van der Waals surface area (Å²) >= 11 is 0. The number of benzene rings is 2. The van der Waals surface area contributed by atoms with Crippen LogP contribution in [-0.2, 0) is 785 Å². The van der Waals surface area contributed by atoms with Crippen LogP contribution in [0.3, 0.4) is 0 Å².